The molecule has 2 aromatic heterocycles. The van der Waals surface area contributed by atoms with Gasteiger partial charge in [-0.15, -0.1) is 11.3 Å². The molecule has 0 aliphatic carbocycles. The molecular formula is C13H7ClN2O3S2. The normalized spacial score (nSPS) is 11.5. The first-order valence-corrected chi connectivity index (χ1v) is 7.83. The van der Waals surface area contributed by atoms with Crippen LogP contribution in [0.4, 0.5) is 5.88 Å². The maximum Gasteiger partial charge on any atom is 0.433 e. The van der Waals surface area contributed by atoms with Crippen molar-refractivity contribution in [2.24, 2.45) is 0 Å². The predicted octanol–water partition coefficient (Wildman–Crippen LogP) is 5.21. The largest absolute Gasteiger partial charge is 0.433 e. The second kappa shape index (κ2) is 5.88. The Hall–Kier alpha value is -1.83. The van der Waals surface area contributed by atoms with Crippen molar-refractivity contribution in [2.75, 3.05) is 0 Å². The van der Waals surface area contributed by atoms with E-state index in [9.17, 15) is 10.1 Å². The minimum Gasteiger partial charge on any atom is -0.401 e. The molecule has 0 aliphatic heterocycles. The highest BCUT2D eigenvalue weighted by Crippen LogP contribution is 2.32. The number of benzene rings is 1. The molecule has 8 heteroatoms. The number of furan rings is 1. The van der Waals surface area contributed by atoms with Crippen molar-refractivity contribution < 1.29 is 9.34 Å². The minimum atomic E-state index is -0.568. The summed E-state index contributed by atoms with van der Waals surface area (Å²) in [6.45, 7) is 0. The number of thiazole rings is 1. The monoisotopic (exact) mass is 338 g/mol. The molecule has 0 radical (unpaired) electrons. The molecule has 1 aromatic carbocycles. The Morgan fingerprint density at radius 3 is 3.00 bits per heavy atom. The van der Waals surface area contributed by atoms with Crippen LogP contribution in [0.2, 0.25) is 5.02 Å². The lowest BCUT2D eigenvalue weighted by Gasteiger charge is -1.86. The SMILES string of the molecule is O=[N+]([O-])c1ccc(/C=C/Sc2nc3cc(Cl)ccc3s2)o1. The van der Waals surface area contributed by atoms with Crippen LogP contribution in [0, 0.1) is 10.1 Å². The van der Waals surface area contributed by atoms with Gasteiger partial charge in [-0.2, -0.15) is 0 Å². The van der Waals surface area contributed by atoms with E-state index in [4.69, 9.17) is 16.0 Å². The highest BCUT2D eigenvalue weighted by Gasteiger charge is 2.10. The van der Waals surface area contributed by atoms with Crippen molar-refractivity contribution in [2.45, 2.75) is 4.34 Å². The van der Waals surface area contributed by atoms with Gasteiger partial charge in [-0.05, 0) is 35.7 Å². The molecule has 0 saturated heterocycles. The molecule has 0 atom stereocenters. The van der Waals surface area contributed by atoms with Gasteiger partial charge in [0.25, 0.3) is 0 Å². The van der Waals surface area contributed by atoms with Crippen LogP contribution in [0.1, 0.15) is 5.76 Å². The van der Waals surface area contributed by atoms with Crippen LogP contribution in [0.15, 0.2) is 44.5 Å². The van der Waals surface area contributed by atoms with Gasteiger partial charge in [0, 0.05) is 5.02 Å². The summed E-state index contributed by atoms with van der Waals surface area (Å²) in [5.74, 6) is 0.160. The quantitative estimate of drug-likeness (QED) is 0.371. The zero-order chi connectivity index (χ0) is 14.8. The lowest BCUT2D eigenvalue weighted by atomic mass is 10.3. The lowest BCUT2D eigenvalue weighted by molar-refractivity contribution is -0.402. The van der Waals surface area contributed by atoms with E-state index >= 15 is 0 Å². The Balaban J connectivity index is 1.73. The standard InChI is InChI=1S/C13H7ClN2O3S2/c14-8-1-3-11-10(7-8)15-13(21-11)20-6-5-9-2-4-12(19-9)16(17)18/h1-7H/b6-5+. The second-order valence-corrected chi connectivity index (χ2v) is 6.57. The highest BCUT2D eigenvalue weighted by molar-refractivity contribution is 8.04. The molecule has 0 unspecified atom stereocenters. The topological polar surface area (TPSA) is 69.2 Å². The van der Waals surface area contributed by atoms with Gasteiger partial charge in [0.05, 0.1) is 16.3 Å². The minimum absolute atomic E-state index is 0.269. The fourth-order valence-electron chi connectivity index (χ4n) is 1.62. The van der Waals surface area contributed by atoms with Gasteiger partial charge in [0.2, 0.25) is 0 Å². The zero-order valence-electron chi connectivity index (χ0n) is 10.4. The lowest BCUT2D eigenvalue weighted by Crippen LogP contribution is -1.82. The van der Waals surface area contributed by atoms with E-state index in [2.05, 4.69) is 4.98 Å². The summed E-state index contributed by atoms with van der Waals surface area (Å²) in [5, 5.41) is 12.9. The summed E-state index contributed by atoms with van der Waals surface area (Å²) in [5.41, 5.74) is 0.858. The molecule has 3 aromatic rings. The van der Waals surface area contributed by atoms with Gasteiger partial charge in [0.15, 0.2) is 4.34 Å². The van der Waals surface area contributed by atoms with Crippen molar-refractivity contribution in [1.29, 1.82) is 0 Å². The molecule has 106 valence electrons. The highest BCUT2D eigenvalue weighted by atomic mass is 35.5. The molecule has 0 bridgehead atoms. The Labute approximate surface area is 132 Å². The molecule has 21 heavy (non-hydrogen) atoms. The van der Waals surface area contributed by atoms with E-state index in [0.717, 1.165) is 14.6 Å². The molecule has 3 rings (SSSR count). The van der Waals surface area contributed by atoms with E-state index in [1.165, 1.54) is 17.8 Å². The van der Waals surface area contributed by atoms with Crippen molar-refractivity contribution in [3.63, 3.8) is 0 Å². The number of fused-ring (bicyclic) bond motifs is 1. The van der Waals surface area contributed by atoms with Crippen LogP contribution >= 0.6 is 34.7 Å². The first-order valence-electron chi connectivity index (χ1n) is 5.75. The number of aromatic nitrogens is 1. The number of hydrogen-bond acceptors (Lipinski definition) is 6. The van der Waals surface area contributed by atoms with Crippen LogP contribution in [0.3, 0.4) is 0 Å². The van der Waals surface area contributed by atoms with E-state index in [0.29, 0.717) is 10.8 Å². The molecule has 0 aliphatic rings. The van der Waals surface area contributed by atoms with Gasteiger partial charge < -0.3 is 4.42 Å². The molecule has 0 spiro atoms. The number of rotatable bonds is 4. The van der Waals surface area contributed by atoms with Crippen LogP contribution in [0.5, 0.6) is 0 Å². The number of hydrogen-bond donors (Lipinski definition) is 0. The Bertz CT molecular complexity index is 841. The van der Waals surface area contributed by atoms with E-state index in [1.807, 2.05) is 18.2 Å². The van der Waals surface area contributed by atoms with Gasteiger partial charge in [0.1, 0.15) is 10.7 Å². The molecule has 0 fully saturated rings. The average Bonchev–Trinajstić information content (AvgIpc) is 3.04. The van der Waals surface area contributed by atoms with E-state index in [-0.39, 0.29) is 5.88 Å². The third kappa shape index (κ3) is 3.26. The van der Waals surface area contributed by atoms with Crippen molar-refractivity contribution in [3.8, 4) is 0 Å². The first-order chi connectivity index (χ1) is 10.1. The maximum absolute atomic E-state index is 10.5. The van der Waals surface area contributed by atoms with Gasteiger partial charge in [-0.1, -0.05) is 23.4 Å². The Kier molecular flexibility index (Phi) is 3.96. The first kappa shape index (κ1) is 14.1. The number of nitro groups is 1. The van der Waals surface area contributed by atoms with Gasteiger partial charge in [-0.25, -0.2) is 4.98 Å². The molecule has 0 saturated carbocycles. The molecule has 0 N–H and O–H groups in total. The third-order valence-electron chi connectivity index (χ3n) is 2.52. The maximum atomic E-state index is 10.5. The van der Waals surface area contributed by atoms with Crippen molar-refractivity contribution >= 4 is 56.9 Å². The molecule has 5 nitrogen and oxygen atoms in total. The predicted molar refractivity (Wildman–Crippen MR) is 84.9 cm³/mol. The van der Waals surface area contributed by atoms with Crippen molar-refractivity contribution in [3.05, 3.63) is 56.6 Å². The van der Waals surface area contributed by atoms with Crippen LogP contribution in [-0.2, 0) is 0 Å². The fourth-order valence-corrected chi connectivity index (χ4v) is 3.56. The number of thioether (sulfide) groups is 1. The summed E-state index contributed by atoms with van der Waals surface area (Å²) in [6, 6.07) is 8.45. The second-order valence-electron chi connectivity index (χ2n) is 3.95. The molecule has 2 heterocycles. The Morgan fingerprint density at radius 2 is 2.24 bits per heavy atom. The smallest absolute Gasteiger partial charge is 0.401 e. The Morgan fingerprint density at radius 1 is 1.38 bits per heavy atom. The summed E-state index contributed by atoms with van der Waals surface area (Å²) >= 11 is 8.89. The van der Waals surface area contributed by atoms with Gasteiger partial charge in [-0.3, -0.25) is 10.1 Å². The van der Waals surface area contributed by atoms with Crippen LogP contribution in [0.25, 0.3) is 16.3 Å². The summed E-state index contributed by atoms with van der Waals surface area (Å²) < 4.78 is 6.95. The van der Waals surface area contributed by atoms with Gasteiger partial charge >= 0.3 is 5.88 Å². The zero-order valence-corrected chi connectivity index (χ0v) is 12.7. The molecular weight excluding hydrogens is 332 g/mol. The van der Waals surface area contributed by atoms with Crippen LogP contribution in [-0.4, -0.2) is 9.91 Å². The third-order valence-corrected chi connectivity index (χ3v) is 4.69. The number of halogens is 1. The summed E-state index contributed by atoms with van der Waals surface area (Å²) in [7, 11) is 0. The number of nitrogens with zero attached hydrogens (tertiary/aromatic N) is 2. The average molecular weight is 339 g/mol. The van der Waals surface area contributed by atoms with Crippen molar-refractivity contribution in [1.82, 2.24) is 4.98 Å². The van der Waals surface area contributed by atoms with E-state index in [1.54, 1.807) is 28.9 Å². The fraction of sp³-hybridized carbons (Fsp3) is 0. The van der Waals surface area contributed by atoms with E-state index < -0.39 is 4.92 Å². The molecule has 0 amide bonds. The summed E-state index contributed by atoms with van der Waals surface area (Å²) in [6.07, 6.45) is 1.66. The summed E-state index contributed by atoms with van der Waals surface area (Å²) in [4.78, 5) is 14.4. The van der Waals surface area contributed by atoms with Crippen LogP contribution < -0.4 is 0 Å².